The fourth-order valence-corrected chi connectivity index (χ4v) is 3.02. The highest BCUT2D eigenvalue weighted by atomic mass is 79.9. The van der Waals surface area contributed by atoms with Gasteiger partial charge in [0.15, 0.2) is 0 Å². The lowest BCUT2D eigenvalue weighted by Crippen LogP contribution is -2.46. The van der Waals surface area contributed by atoms with Crippen molar-refractivity contribution in [1.82, 2.24) is 5.32 Å². The van der Waals surface area contributed by atoms with Gasteiger partial charge >= 0.3 is 5.97 Å². The lowest BCUT2D eigenvalue weighted by Gasteiger charge is -2.18. The molecule has 1 saturated carbocycles. The first kappa shape index (κ1) is 15.0. The number of carboxylic acid groups (broad SMARTS) is 1. The number of hydrogen-bond acceptors (Lipinski definition) is 3. The lowest BCUT2D eigenvalue weighted by molar-refractivity contribution is -0.143. The number of hydrogen-bond donors (Lipinski definition) is 2. The number of nitrogens with zero attached hydrogens (tertiary/aromatic N) is 1. The molecule has 1 aliphatic heterocycles. The fourth-order valence-electron chi connectivity index (χ4n) is 2.63. The zero-order chi connectivity index (χ0) is 15.9. The van der Waals surface area contributed by atoms with E-state index in [0.29, 0.717) is 12.8 Å². The van der Waals surface area contributed by atoms with Crippen molar-refractivity contribution in [1.29, 1.82) is 0 Å². The van der Waals surface area contributed by atoms with Crippen LogP contribution in [0.5, 0.6) is 0 Å². The van der Waals surface area contributed by atoms with Gasteiger partial charge in [-0.2, -0.15) is 0 Å². The third-order valence-electron chi connectivity index (χ3n) is 4.14. The van der Waals surface area contributed by atoms with Crippen LogP contribution in [0.2, 0.25) is 0 Å². The Hall–Kier alpha value is -1.89. The molecule has 6 nitrogen and oxygen atoms in total. The largest absolute Gasteiger partial charge is 0.480 e. The number of halogens is 1. The summed E-state index contributed by atoms with van der Waals surface area (Å²) < 4.78 is 0.855. The second-order valence-corrected chi connectivity index (χ2v) is 6.68. The van der Waals surface area contributed by atoms with Crippen molar-refractivity contribution < 1.29 is 19.5 Å². The summed E-state index contributed by atoms with van der Waals surface area (Å²) in [6.45, 7) is 0.275. The van der Waals surface area contributed by atoms with Crippen LogP contribution in [0.25, 0.3) is 0 Å². The van der Waals surface area contributed by atoms with Crippen LogP contribution in [0.4, 0.5) is 5.69 Å². The average Bonchev–Trinajstić information content (AvgIpc) is 3.14. The number of aliphatic carboxylic acids is 1. The molecule has 1 atom stereocenters. The lowest BCUT2D eigenvalue weighted by atomic mass is 10.1. The van der Waals surface area contributed by atoms with Crippen molar-refractivity contribution in [2.75, 3.05) is 11.4 Å². The van der Waals surface area contributed by atoms with E-state index in [4.69, 9.17) is 5.11 Å². The van der Waals surface area contributed by atoms with Crippen molar-refractivity contribution in [3.63, 3.8) is 0 Å². The van der Waals surface area contributed by atoms with E-state index in [1.54, 1.807) is 4.90 Å². The summed E-state index contributed by atoms with van der Waals surface area (Å²) in [7, 11) is 0. The van der Waals surface area contributed by atoms with Gasteiger partial charge in [0.25, 0.3) is 0 Å². The minimum atomic E-state index is -1.11. The first-order chi connectivity index (χ1) is 10.4. The molecule has 2 amide bonds. The Morgan fingerprint density at radius 1 is 1.36 bits per heavy atom. The topological polar surface area (TPSA) is 86.7 Å². The van der Waals surface area contributed by atoms with Gasteiger partial charge < -0.3 is 15.3 Å². The number of carboxylic acids is 1. The van der Waals surface area contributed by atoms with E-state index in [-0.39, 0.29) is 24.8 Å². The Morgan fingerprint density at radius 2 is 2.09 bits per heavy atom. The summed E-state index contributed by atoms with van der Waals surface area (Å²) in [6, 6.07) is 7.31. The number of carbonyl (C=O) groups is 3. The Balaban J connectivity index is 1.69. The highest BCUT2D eigenvalue weighted by molar-refractivity contribution is 9.10. The smallest absolute Gasteiger partial charge is 0.329 e. The number of amides is 2. The van der Waals surface area contributed by atoms with Crippen LogP contribution in [-0.4, -0.2) is 35.0 Å². The van der Waals surface area contributed by atoms with E-state index in [9.17, 15) is 14.4 Å². The maximum atomic E-state index is 12.2. The van der Waals surface area contributed by atoms with E-state index < -0.39 is 17.4 Å². The summed E-state index contributed by atoms with van der Waals surface area (Å²) in [4.78, 5) is 37.1. The average molecular weight is 367 g/mol. The Morgan fingerprint density at radius 3 is 2.68 bits per heavy atom. The van der Waals surface area contributed by atoms with Gasteiger partial charge in [0.05, 0.1) is 5.92 Å². The van der Waals surface area contributed by atoms with Crippen molar-refractivity contribution in [3.8, 4) is 0 Å². The molecule has 0 unspecified atom stereocenters. The van der Waals surface area contributed by atoms with Crippen LogP contribution in [0, 0.1) is 5.92 Å². The van der Waals surface area contributed by atoms with Crippen LogP contribution < -0.4 is 10.2 Å². The van der Waals surface area contributed by atoms with Crippen molar-refractivity contribution in [2.24, 2.45) is 5.92 Å². The molecular formula is C15H15BrN2O4. The van der Waals surface area contributed by atoms with Gasteiger partial charge in [-0.25, -0.2) is 4.79 Å². The highest BCUT2D eigenvalue weighted by Gasteiger charge is 2.52. The molecule has 0 spiro atoms. The van der Waals surface area contributed by atoms with Gasteiger partial charge in [0, 0.05) is 23.1 Å². The summed E-state index contributed by atoms with van der Waals surface area (Å²) >= 11 is 3.35. The van der Waals surface area contributed by atoms with E-state index in [1.165, 1.54) is 0 Å². The normalized spacial score (nSPS) is 22.5. The molecule has 0 aromatic heterocycles. The summed E-state index contributed by atoms with van der Waals surface area (Å²) in [5, 5.41) is 11.7. The van der Waals surface area contributed by atoms with Crippen molar-refractivity contribution in [2.45, 2.75) is 24.8 Å². The number of anilines is 1. The van der Waals surface area contributed by atoms with Crippen molar-refractivity contribution >= 4 is 39.4 Å². The Kier molecular flexibility index (Phi) is 3.68. The third kappa shape index (κ3) is 2.72. The minimum absolute atomic E-state index is 0.105. The summed E-state index contributed by atoms with van der Waals surface area (Å²) in [5.74, 6) is -2.00. The van der Waals surface area contributed by atoms with E-state index in [1.807, 2.05) is 24.3 Å². The molecule has 1 heterocycles. The number of benzene rings is 1. The Bertz CT molecular complexity index is 657. The maximum absolute atomic E-state index is 12.2. The summed E-state index contributed by atoms with van der Waals surface area (Å²) in [6.07, 6.45) is 1.00. The minimum Gasteiger partial charge on any atom is -0.480 e. The predicted molar refractivity (Wildman–Crippen MR) is 82.3 cm³/mol. The van der Waals surface area contributed by atoms with Crippen LogP contribution in [0.1, 0.15) is 19.3 Å². The molecule has 116 valence electrons. The quantitative estimate of drug-likeness (QED) is 0.845. The van der Waals surface area contributed by atoms with Crippen LogP contribution in [0.15, 0.2) is 28.7 Å². The molecule has 1 aromatic rings. The van der Waals surface area contributed by atoms with Gasteiger partial charge in [-0.1, -0.05) is 22.0 Å². The van der Waals surface area contributed by atoms with Crippen LogP contribution in [0.3, 0.4) is 0 Å². The molecule has 3 rings (SSSR count). The third-order valence-corrected chi connectivity index (χ3v) is 4.63. The molecule has 0 bridgehead atoms. The first-order valence-corrected chi connectivity index (χ1v) is 7.82. The molecule has 7 heteroatoms. The molecular weight excluding hydrogens is 352 g/mol. The van der Waals surface area contributed by atoms with Crippen LogP contribution >= 0.6 is 15.9 Å². The molecule has 0 radical (unpaired) electrons. The molecule has 2 aliphatic rings. The van der Waals surface area contributed by atoms with Gasteiger partial charge in [-0.3, -0.25) is 9.59 Å². The number of carbonyl (C=O) groups excluding carboxylic acids is 2. The fraction of sp³-hybridized carbons (Fsp3) is 0.400. The molecule has 1 aromatic carbocycles. The molecule has 2 fully saturated rings. The second kappa shape index (κ2) is 5.39. The van der Waals surface area contributed by atoms with Crippen molar-refractivity contribution in [3.05, 3.63) is 28.7 Å². The zero-order valence-electron chi connectivity index (χ0n) is 11.7. The summed E-state index contributed by atoms with van der Waals surface area (Å²) in [5.41, 5.74) is -0.377. The predicted octanol–water partition coefficient (Wildman–Crippen LogP) is 1.54. The first-order valence-electron chi connectivity index (χ1n) is 7.03. The van der Waals surface area contributed by atoms with E-state index in [2.05, 4.69) is 21.2 Å². The number of nitrogens with one attached hydrogen (secondary N) is 1. The SMILES string of the molecule is O=C(NC1(C(=O)O)CC1)[C@@H]1CC(=O)N(c2cccc(Br)c2)C1. The maximum Gasteiger partial charge on any atom is 0.329 e. The Labute approximate surface area is 135 Å². The monoisotopic (exact) mass is 366 g/mol. The molecule has 22 heavy (non-hydrogen) atoms. The molecule has 2 N–H and O–H groups in total. The van der Waals surface area contributed by atoms with Gasteiger partial charge in [-0.15, -0.1) is 0 Å². The van der Waals surface area contributed by atoms with Gasteiger partial charge in [0.2, 0.25) is 11.8 Å². The number of rotatable bonds is 4. The zero-order valence-corrected chi connectivity index (χ0v) is 13.3. The van der Waals surface area contributed by atoms with E-state index >= 15 is 0 Å². The highest BCUT2D eigenvalue weighted by Crippen LogP contribution is 2.36. The van der Waals surface area contributed by atoms with Gasteiger partial charge in [0.1, 0.15) is 5.54 Å². The standard InChI is InChI=1S/C15H15BrN2O4/c16-10-2-1-3-11(7-10)18-8-9(6-12(18)19)13(20)17-15(4-5-15)14(21)22/h1-3,7,9H,4-6,8H2,(H,17,20)(H,21,22)/t9-/m1/s1. The molecule has 1 aliphatic carbocycles. The van der Waals surface area contributed by atoms with E-state index in [0.717, 1.165) is 10.2 Å². The second-order valence-electron chi connectivity index (χ2n) is 5.76. The van der Waals surface area contributed by atoms with Gasteiger partial charge in [-0.05, 0) is 31.0 Å². The molecule has 1 saturated heterocycles. The van der Waals surface area contributed by atoms with Crippen LogP contribution in [-0.2, 0) is 14.4 Å².